The van der Waals surface area contributed by atoms with Crippen molar-refractivity contribution < 1.29 is 4.79 Å². The molecule has 3 atom stereocenters. The number of aromatic nitrogens is 1. The summed E-state index contributed by atoms with van der Waals surface area (Å²) in [6, 6.07) is 8.71. The average Bonchev–Trinajstić information content (AvgIpc) is 2.75. The standard InChI is InChI=1S/C17H22N2O/c1-11-9-19-10-14(15-6-4-5-7-16(15)19)8-12(2)18-17(20)13(11)3/h4-7,10-13H,8-9H2,1-3H3,(H,18,20). The second kappa shape index (κ2) is 4.97. The molecule has 1 N–H and O–H groups in total. The molecule has 1 aliphatic rings. The SMILES string of the molecule is CC1Cc2cn(c3ccccc23)CC(C)C(C)C(=O)N1. The molecule has 20 heavy (non-hydrogen) atoms. The van der Waals surface area contributed by atoms with Crippen LogP contribution in [-0.2, 0) is 17.8 Å². The number of nitrogens with zero attached hydrogens (tertiary/aromatic N) is 1. The van der Waals surface area contributed by atoms with E-state index in [0.717, 1.165) is 13.0 Å². The Kier molecular flexibility index (Phi) is 3.28. The van der Waals surface area contributed by atoms with E-state index in [2.05, 4.69) is 54.2 Å². The van der Waals surface area contributed by atoms with E-state index in [1.807, 2.05) is 6.92 Å². The molecule has 1 amide bonds. The Morgan fingerprint density at radius 2 is 1.95 bits per heavy atom. The van der Waals surface area contributed by atoms with E-state index in [9.17, 15) is 4.79 Å². The van der Waals surface area contributed by atoms with Crippen molar-refractivity contribution >= 4 is 16.8 Å². The smallest absolute Gasteiger partial charge is 0.223 e. The fraction of sp³-hybridized carbons (Fsp3) is 0.471. The van der Waals surface area contributed by atoms with E-state index < -0.39 is 0 Å². The minimum absolute atomic E-state index is 0.0418. The van der Waals surface area contributed by atoms with Crippen LogP contribution in [0, 0.1) is 11.8 Å². The summed E-state index contributed by atoms with van der Waals surface area (Å²) < 4.78 is 2.32. The van der Waals surface area contributed by atoms with Crippen molar-refractivity contribution in [3.8, 4) is 0 Å². The molecule has 2 bridgehead atoms. The van der Waals surface area contributed by atoms with Crippen LogP contribution in [-0.4, -0.2) is 16.5 Å². The van der Waals surface area contributed by atoms with Crippen LogP contribution in [0.25, 0.3) is 10.9 Å². The van der Waals surface area contributed by atoms with Gasteiger partial charge >= 0.3 is 0 Å². The van der Waals surface area contributed by atoms with Crippen LogP contribution < -0.4 is 5.32 Å². The van der Waals surface area contributed by atoms with Crippen LogP contribution in [0.1, 0.15) is 26.3 Å². The lowest BCUT2D eigenvalue weighted by molar-refractivity contribution is -0.126. The van der Waals surface area contributed by atoms with Crippen LogP contribution in [0.4, 0.5) is 0 Å². The minimum Gasteiger partial charge on any atom is -0.353 e. The number of hydrogen-bond acceptors (Lipinski definition) is 1. The fourth-order valence-electron chi connectivity index (χ4n) is 3.12. The first kappa shape index (κ1) is 13.2. The van der Waals surface area contributed by atoms with Gasteiger partial charge in [0, 0.05) is 35.6 Å². The number of carbonyl (C=O) groups is 1. The first-order valence-electron chi connectivity index (χ1n) is 7.43. The lowest BCUT2D eigenvalue weighted by atomic mass is 9.94. The van der Waals surface area contributed by atoms with Gasteiger partial charge in [-0.05, 0) is 30.9 Å². The Morgan fingerprint density at radius 1 is 1.20 bits per heavy atom. The predicted molar refractivity (Wildman–Crippen MR) is 81.6 cm³/mol. The highest BCUT2D eigenvalue weighted by atomic mass is 16.1. The lowest BCUT2D eigenvalue weighted by Crippen LogP contribution is -2.40. The zero-order valence-electron chi connectivity index (χ0n) is 12.4. The molecule has 2 aromatic rings. The number of fused-ring (bicyclic) bond motifs is 5. The molecule has 0 saturated heterocycles. The summed E-state index contributed by atoms with van der Waals surface area (Å²) in [4.78, 5) is 12.2. The third kappa shape index (κ3) is 2.21. The number of rotatable bonds is 0. The molecule has 1 aliphatic heterocycles. The van der Waals surface area contributed by atoms with Crippen LogP contribution >= 0.6 is 0 Å². The van der Waals surface area contributed by atoms with E-state index in [4.69, 9.17) is 0 Å². The van der Waals surface area contributed by atoms with Gasteiger partial charge in [-0.1, -0.05) is 32.0 Å². The van der Waals surface area contributed by atoms with Crippen molar-refractivity contribution in [3.63, 3.8) is 0 Å². The van der Waals surface area contributed by atoms with Crippen molar-refractivity contribution in [2.75, 3.05) is 0 Å². The van der Waals surface area contributed by atoms with Gasteiger partial charge in [0.05, 0.1) is 0 Å². The first-order valence-corrected chi connectivity index (χ1v) is 7.43. The Balaban J connectivity index is 2.11. The zero-order chi connectivity index (χ0) is 14.3. The highest BCUT2D eigenvalue weighted by Crippen LogP contribution is 2.26. The molecule has 106 valence electrons. The van der Waals surface area contributed by atoms with Crippen molar-refractivity contribution in [3.05, 3.63) is 36.0 Å². The van der Waals surface area contributed by atoms with Crippen molar-refractivity contribution in [2.45, 2.75) is 39.8 Å². The third-order valence-corrected chi connectivity index (χ3v) is 4.54. The van der Waals surface area contributed by atoms with Crippen LogP contribution in [0.3, 0.4) is 0 Å². The zero-order valence-corrected chi connectivity index (χ0v) is 12.4. The molecule has 3 rings (SSSR count). The second-order valence-electron chi connectivity index (χ2n) is 6.20. The summed E-state index contributed by atoms with van der Waals surface area (Å²) >= 11 is 0. The maximum Gasteiger partial charge on any atom is 0.223 e. The van der Waals surface area contributed by atoms with Crippen LogP contribution in [0.15, 0.2) is 30.5 Å². The summed E-state index contributed by atoms with van der Waals surface area (Å²) in [6.45, 7) is 7.17. The van der Waals surface area contributed by atoms with Gasteiger partial charge in [0.15, 0.2) is 0 Å². The number of para-hydroxylation sites is 1. The van der Waals surface area contributed by atoms with Crippen LogP contribution in [0.5, 0.6) is 0 Å². The molecule has 2 heterocycles. The Bertz CT molecular complexity index is 643. The van der Waals surface area contributed by atoms with Crippen molar-refractivity contribution in [1.82, 2.24) is 9.88 Å². The summed E-state index contributed by atoms with van der Waals surface area (Å²) in [5.74, 6) is 0.543. The van der Waals surface area contributed by atoms with Gasteiger partial charge in [0.2, 0.25) is 5.91 Å². The number of benzene rings is 1. The summed E-state index contributed by atoms with van der Waals surface area (Å²) in [5, 5.41) is 4.46. The molecule has 0 spiro atoms. The third-order valence-electron chi connectivity index (χ3n) is 4.54. The van der Waals surface area contributed by atoms with Gasteiger partial charge in [-0.25, -0.2) is 0 Å². The lowest BCUT2D eigenvalue weighted by Gasteiger charge is -2.23. The number of hydrogen-bond donors (Lipinski definition) is 1. The molecule has 0 fully saturated rings. The molecule has 0 saturated carbocycles. The van der Waals surface area contributed by atoms with E-state index in [-0.39, 0.29) is 17.9 Å². The normalized spacial score (nSPS) is 27.4. The van der Waals surface area contributed by atoms with E-state index in [1.165, 1.54) is 16.5 Å². The second-order valence-corrected chi connectivity index (χ2v) is 6.20. The maximum atomic E-state index is 12.2. The minimum atomic E-state index is 0.0418. The fourth-order valence-corrected chi connectivity index (χ4v) is 3.12. The highest BCUT2D eigenvalue weighted by molar-refractivity contribution is 5.84. The molecule has 1 aromatic carbocycles. The summed E-state index contributed by atoms with van der Waals surface area (Å²) in [7, 11) is 0. The topological polar surface area (TPSA) is 34.0 Å². The van der Waals surface area contributed by atoms with Gasteiger partial charge in [0.25, 0.3) is 0 Å². The molecular weight excluding hydrogens is 248 g/mol. The Hall–Kier alpha value is -1.77. The molecule has 1 aromatic heterocycles. The van der Waals surface area contributed by atoms with Gasteiger partial charge in [-0.3, -0.25) is 4.79 Å². The number of amides is 1. The molecule has 0 radical (unpaired) electrons. The van der Waals surface area contributed by atoms with E-state index in [1.54, 1.807) is 0 Å². The molecule has 0 aliphatic carbocycles. The molecule has 3 unspecified atom stereocenters. The summed E-state index contributed by atoms with van der Waals surface area (Å²) in [5.41, 5.74) is 2.61. The number of carbonyl (C=O) groups excluding carboxylic acids is 1. The Morgan fingerprint density at radius 3 is 2.75 bits per heavy atom. The summed E-state index contributed by atoms with van der Waals surface area (Å²) in [6.07, 6.45) is 3.15. The van der Waals surface area contributed by atoms with Gasteiger partial charge < -0.3 is 9.88 Å². The van der Waals surface area contributed by atoms with Crippen molar-refractivity contribution in [1.29, 1.82) is 0 Å². The predicted octanol–water partition coefficient (Wildman–Crippen LogP) is 2.97. The molecular formula is C17H22N2O. The average molecular weight is 270 g/mol. The van der Waals surface area contributed by atoms with Gasteiger partial charge in [0.1, 0.15) is 0 Å². The quantitative estimate of drug-likeness (QED) is 0.784. The van der Waals surface area contributed by atoms with Crippen LogP contribution in [0.2, 0.25) is 0 Å². The molecule has 3 heteroatoms. The van der Waals surface area contributed by atoms with Gasteiger partial charge in [-0.15, -0.1) is 0 Å². The number of nitrogens with one attached hydrogen (secondary N) is 1. The largest absolute Gasteiger partial charge is 0.353 e. The monoisotopic (exact) mass is 270 g/mol. The first-order chi connectivity index (χ1) is 9.56. The van der Waals surface area contributed by atoms with Crippen molar-refractivity contribution in [2.24, 2.45) is 11.8 Å². The van der Waals surface area contributed by atoms with Gasteiger partial charge in [-0.2, -0.15) is 0 Å². The molecule has 3 nitrogen and oxygen atoms in total. The Labute approximate surface area is 120 Å². The van der Waals surface area contributed by atoms with E-state index >= 15 is 0 Å². The maximum absolute atomic E-state index is 12.2. The highest BCUT2D eigenvalue weighted by Gasteiger charge is 2.24. The van der Waals surface area contributed by atoms with E-state index in [0.29, 0.717) is 5.92 Å².